The maximum atomic E-state index is 11.3. The van der Waals surface area contributed by atoms with Gasteiger partial charge in [0.25, 0.3) is 0 Å². The number of aliphatic carboxylic acids is 1. The lowest BCUT2D eigenvalue weighted by atomic mass is 10.2. The van der Waals surface area contributed by atoms with Crippen molar-refractivity contribution < 1.29 is 19.4 Å². The minimum atomic E-state index is -0.932. The fourth-order valence-electron chi connectivity index (χ4n) is 1.96. The maximum absolute atomic E-state index is 11.3. The van der Waals surface area contributed by atoms with Crippen molar-refractivity contribution in [2.24, 2.45) is 0 Å². The molecule has 0 aliphatic carbocycles. The number of carboxylic acids is 1. The zero-order valence-electron chi connectivity index (χ0n) is 8.40. The van der Waals surface area contributed by atoms with Crippen LogP contribution in [0.5, 0.6) is 0 Å². The van der Waals surface area contributed by atoms with E-state index in [-0.39, 0.29) is 11.9 Å². The topological polar surface area (TPSA) is 66.8 Å². The smallest absolute Gasteiger partial charge is 0.326 e. The summed E-state index contributed by atoms with van der Waals surface area (Å²) in [7, 11) is 1.55. The molecular weight excluding hydrogens is 186 g/mol. The first kappa shape index (κ1) is 11.0. The quantitative estimate of drug-likeness (QED) is 0.703. The van der Waals surface area contributed by atoms with Crippen molar-refractivity contribution in [2.45, 2.75) is 31.8 Å². The van der Waals surface area contributed by atoms with Gasteiger partial charge in [0.15, 0.2) is 0 Å². The van der Waals surface area contributed by atoms with Gasteiger partial charge < -0.3 is 14.7 Å². The van der Waals surface area contributed by atoms with Gasteiger partial charge in [0.1, 0.15) is 6.04 Å². The molecule has 1 heterocycles. The molecule has 0 saturated carbocycles. The SMILES string of the molecule is COCC1CCC(C(=O)O)N1C(C)=O. The van der Waals surface area contributed by atoms with Gasteiger partial charge in [-0.25, -0.2) is 4.79 Å². The molecule has 1 saturated heterocycles. The fraction of sp³-hybridized carbons (Fsp3) is 0.778. The molecule has 0 aromatic heterocycles. The molecule has 2 atom stereocenters. The Hall–Kier alpha value is -1.10. The molecule has 1 fully saturated rings. The van der Waals surface area contributed by atoms with Crippen LogP contribution in [0.25, 0.3) is 0 Å². The zero-order chi connectivity index (χ0) is 10.7. The van der Waals surface area contributed by atoms with Crippen molar-refractivity contribution >= 4 is 11.9 Å². The van der Waals surface area contributed by atoms with Crippen molar-refractivity contribution in [3.8, 4) is 0 Å². The van der Waals surface area contributed by atoms with Crippen molar-refractivity contribution in [2.75, 3.05) is 13.7 Å². The van der Waals surface area contributed by atoms with E-state index in [0.29, 0.717) is 19.4 Å². The number of hydrogen-bond acceptors (Lipinski definition) is 3. The molecule has 1 amide bonds. The summed E-state index contributed by atoms with van der Waals surface area (Å²) in [4.78, 5) is 23.5. The van der Waals surface area contributed by atoms with E-state index in [1.54, 1.807) is 7.11 Å². The second-order valence-corrected chi connectivity index (χ2v) is 3.47. The van der Waals surface area contributed by atoms with Crippen LogP contribution < -0.4 is 0 Å². The van der Waals surface area contributed by atoms with Crippen molar-refractivity contribution in [1.29, 1.82) is 0 Å². The zero-order valence-corrected chi connectivity index (χ0v) is 8.40. The number of carbonyl (C=O) groups excluding carboxylic acids is 1. The van der Waals surface area contributed by atoms with E-state index >= 15 is 0 Å². The normalized spacial score (nSPS) is 26.6. The first-order valence-electron chi connectivity index (χ1n) is 4.58. The van der Waals surface area contributed by atoms with E-state index in [1.807, 2.05) is 0 Å². The molecule has 1 N–H and O–H groups in total. The summed E-state index contributed by atoms with van der Waals surface area (Å²) in [6, 6.07) is -0.758. The Balaban J connectivity index is 2.74. The van der Waals surface area contributed by atoms with Gasteiger partial charge in [0.05, 0.1) is 12.6 Å². The Morgan fingerprint density at radius 3 is 2.57 bits per heavy atom. The number of likely N-dealkylation sites (tertiary alicyclic amines) is 1. The molecule has 0 radical (unpaired) electrons. The van der Waals surface area contributed by atoms with Crippen LogP contribution in [0.4, 0.5) is 0 Å². The molecule has 0 bridgehead atoms. The standard InChI is InChI=1S/C9H15NO4/c1-6(11)10-7(5-14-2)3-4-8(10)9(12)13/h7-8H,3-5H2,1-2H3,(H,12,13). The largest absolute Gasteiger partial charge is 0.480 e. The average Bonchev–Trinajstić information content (AvgIpc) is 2.48. The number of carbonyl (C=O) groups is 2. The molecule has 5 heteroatoms. The number of carboxylic acid groups (broad SMARTS) is 1. The molecule has 5 nitrogen and oxygen atoms in total. The number of rotatable bonds is 3. The molecular formula is C9H15NO4. The van der Waals surface area contributed by atoms with E-state index in [2.05, 4.69) is 0 Å². The van der Waals surface area contributed by atoms with Crippen LogP contribution in [-0.2, 0) is 14.3 Å². The minimum absolute atomic E-state index is 0.0846. The molecule has 1 rings (SSSR count). The lowest BCUT2D eigenvalue weighted by Gasteiger charge is -2.26. The van der Waals surface area contributed by atoms with Gasteiger partial charge in [-0.1, -0.05) is 0 Å². The van der Waals surface area contributed by atoms with Crippen LogP contribution in [0.1, 0.15) is 19.8 Å². The van der Waals surface area contributed by atoms with Crippen molar-refractivity contribution in [3.05, 3.63) is 0 Å². The maximum Gasteiger partial charge on any atom is 0.326 e. The molecule has 1 aliphatic heterocycles. The number of ether oxygens (including phenoxy) is 1. The predicted molar refractivity (Wildman–Crippen MR) is 48.8 cm³/mol. The van der Waals surface area contributed by atoms with E-state index in [4.69, 9.17) is 9.84 Å². The Kier molecular flexibility index (Phi) is 3.46. The average molecular weight is 201 g/mol. The summed E-state index contributed by atoms with van der Waals surface area (Å²) in [6.07, 6.45) is 1.22. The molecule has 0 aromatic rings. The third-order valence-corrected chi connectivity index (χ3v) is 2.51. The van der Waals surface area contributed by atoms with Crippen LogP contribution in [0.3, 0.4) is 0 Å². The molecule has 2 unspecified atom stereocenters. The van der Waals surface area contributed by atoms with Gasteiger partial charge in [0, 0.05) is 14.0 Å². The van der Waals surface area contributed by atoms with Gasteiger partial charge in [-0.2, -0.15) is 0 Å². The second-order valence-electron chi connectivity index (χ2n) is 3.47. The summed E-state index contributed by atoms with van der Waals surface area (Å²) >= 11 is 0. The monoisotopic (exact) mass is 201 g/mol. The third-order valence-electron chi connectivity index (χ3n) is 2.51. The third kappa shape index (κ3) is 2.04. The van der Waals surface area contributed by atoms with Crippen LogP contribution in [0.15, 0.2) is 0 Å². The van der Waals surface area contributed by atoms with Crippen molar-refractivity contribution in [3.63, 3.8) is 0 Å². The van der Waals surface area contributed by atoms with E-state index in [1.165, 1.54) is 11.8 Å². The van der Waals surface area contributed by atoms with Gasteiger partial charge in [-0.3, -0.25) is 4.79 Å². The summed E-state index contributed by atoms with van der Waals surface area (Å²) in [5, 5.41) is 8.88. The molecule has 1 aliphatic rings. The summed E-state index contributed by atoms with van der Waals surface area (Å²) in [6.45, 7) is 1.80. The molecule has 0 spiro atoms. The summed E-state index contributed by atoms with van der Waals surface area (Å²) in [5.74, 6) is -1.13. The van der Waals surface area contributed by atoms with E-state index in [9.17, 15) is 9.59 Å². The lowest BCUT2D eigenvalue weighted by Crippen LogP contribution is -2.45. The number of amides is 1. The van der Waals surface area contributed by atoms with Gasteiger partial charge in [-0.05, 0) is 12.8 Å². The molecule has 14 heavy (non-hydrogen) atoms. The van der Waals surface area contributed by atoms with E-state index in [0.717, 1.165) is 0 Å². The highest BCUT2D eigenvalue weighted by molar-refractivity contribution is 5.83. The minimum Gasteiger partial charge on any atom is -0.480 e. The Morgan fingerprint density at radius 1 is 1.50 bits per heavy atom. The van der Waals surface area contributed by atoms with Gasteiger partial charge in [0.2, 0.25) is 5.91 Å². The predicted octanol–water partition coefficient (Wildman–Crippen LogP) is 0.0969. The Bertz CT molecular complexity index is 241. The second kappa shape index (κ2) is 4.41. The van der Waals surface area contributed by atoms with Crippen LogP contribution in [0.2, 0.25) is 0 Å². The van der Waals surface area contributed by atoms with Crippen molar-refractivity contribution in [1.82, 2.24) is 4.90 Å². The summed E-state index contributed by atoms with van der Waals surface area (Å²) in [5.41, 5.74) is 0. The first-order valence-corrected chi connectivity index (χ1v) is 4.58. The number of methoxy groups -OCH3 is 1. The van der Waals surface area contributed by atoms with Crippen LogP contribution >= 0.6 is 0 Å². The van der Waals surface area contributed by atoms with Gasteiger partial charge in [-0.15, -0.1) is 0 Å². The first-order chi connectivity index (χ1) is 6.57. The number of hydrogen-bond donors (Lipinski definition) is 1. The van der Waals surface area contributed by atoms with Crippen LogP contribution in [0, 0.1) is 0 Å². The highest BCUT2D eigenvalue weighted by atomic mass is 16.5. The highest BCUT2D eigenvalue weighted by Gasteiger charge is 2.39. The number of nitrogens with zero attached hydrogens (tertiary/aromatic N) is 1. The van der Waals surface area contributed by atoms with E-state index < -0.39 is 12.0 Å². The summed E-state index contributed by atoms with van der Waals surface area (Å²) < 4.78 is 4.95. The van der Waals surface area contributed by atoms with Crippen LogP contribution in [-0.4, -0.2) is 47.7 Å². The molecule has 80 valence electrons. The highest BCUT2D eigenvalue weighted by Crippen LogP contribution is 2.24. The molecule has 0 aromatic carbocycles. The van der Waals surface area contributed by atoms with Gasteiger partial charge >= 0.3 is 5.97 Å². The Labute approximate surface area is 82.6 Å². The lowest BCUT2D eigenvalue weighted by molar-refractivity contribution is -0.149. The fourth-order valence-corrected chi connectivity index (χ4v) is 1.96. The Morgan fingerprint density at radius 2 is 2.14 bits per heavy atom.